The summed E-state index contributed by atoms with van der Waals surface area (Å²) in [7, 11) is 0. The summed E-state index contributed by atoms with van der Waals surface area (Å²) in [6.07, 6.45) is -4.51. The Balaban J connectivity index is 3.08. The van der Waals surface area contributed by atoms with Crippen LogP contribution >= 0.6 is 0 Å². The van der Waals surface area contributed by atoms with Crippen LogP contribution in [0.2, 0.25) is 0 Å². The molecule has 0 aliphatic carbocycles. The van der Waals surface area contributed by atoms with E-state index >= 15 is 0 Å². The molecule has 0 unspecified atom stereocenters. The van der Waals surface area contributed by atoms with E-state index in [1.807, 2.05) is 6.92 Å². The molecule has 0 aromatic heterocycles. The van der Waals surface area contributed by atoms with E-state index in [2.05, 4.69) is 5.32 Å². The van der Waals surface area contributed by atoms with Gasteiger partial charge < -0.3 is 5.32 Å². The second kappa shape index (κ2) is 4.82. The predicted molar refractivity (Wildman–Crippen MR) is 53.5 cm³/mol. The fraction of sp³-hybridized carbons (Fsp3) is 0.455. The van der Waals surface area contributed by atoms with Crippen molar-refractivity contribution in [3.8, 4) is 0 Å². The Morgan fingerprint density at radius 1 is 1.25 bits per heavy atom. The summed E-state index contributed by atoms with van der Waals surface area (Å²) in [5.41, 5.74) is -0.651. The molecule has 0 fully saturated rings. The average molecular weight is 235 g/mol. The Bertz CT molecular complexity index is 359. The molecule has 90 valence electrons. The molecule has 0 heterocycles. The zero-order chi connectivity index (χ0) is 12.3. The highest BCUT2D eigenvalue weighted by Gasteiger charge is 2.31. The first kappa shape index (κ1) is 13.0. The Kier molecular flexibility index (Phi) is 3.91. The largest absolute Gasteiger partial charge is 0.416 e. The highest BCUT2D eigenvalue weighted by Crippen LogP contribution is 2.31. The summed E-state index contributed by atoms with van der Waals surface area (Å²) < 4.78 is 50.3. The van der Waals surface area contributed by atoms with Crippen LogP contribution in [0.1, 0.15) is 31.0 Å². The van der Waals surface area contributed by atoms with Crippen LogP contribution in [0.25, 0.3) is 0 Å². The third kappa shape index (κ3) is 3.20. The van der Waals surface area contributed by atoms with Crippen molar-refractivity contribution in [2.24, 2.45) is 0 Å². The van der Waals surface area contributed by atoms with Gasteiger partial charge in [0.15, 0.2) is 0 Å². The summed E-state index contributed by atoms with van der Waals surface area (Å²) in [5.74, 6) is -0.866. The van der Waals surface area contributed by atoms with Crippen molar-refractivity contribution >= 4 is 0 Å². The molecule has 1 aromatic rings. The van der Waals surface area contributed by atoms with Crippen molar-refractivity contribution in [2.75, 3.05) is 6.54 Å². The lowest BCUT2D eigenvalue weighted by Crippen LogP contribution is -2.18. The number of rotatable bonds is 3. The lowest BCUT2D eigenvalue weighted by atomic mass is 10.0. The summed E-state index contributed by atoms with van der Waals surface area (Å²) in [5, 5.41) is 2.93. The second-order valence-electron chi connectivity index (χ2n) is 3.55. The lowest BCUT2D eigenvalue weighted by molar-refractivity contribution is -0.137. The van der Waals surface area contributed by atoms with E-state index in [9.17, 15) is 17.6 Å². The normalized spacial score (nSPS) is 13.9. The third-order valence-corrected chi connectivity index (χ3v) is 2.26. The average Bonchev–Trinajstić information content (AvgIpc) is 2.16. The minimum absolute atomic E-state index is 0.300. The maximum absolute atomic E-state index is 13.0. The third-order valence-electron chi connectivity index (χ3n) is 2.26. The molecule has 1 nitrogen and oxygen atoms in total. The molecule has 0 radical (unpaired) electrons. The number of hydrogen-bond donors (Lipinski definition) is 1. The van der Waals surface area contributed by atoms with Crippen LogP contribution in [0.3, 0.4) is 0 Å². The van der Waals surface area contributed by atoms with Gasteiger partial charge in [-0.05, 0) is 37.2 Å². The molecule has 1 N–H and O–H groups in total. The fourth-order valence-corrected chi connectivity index (χ4v) is 1.45. The Morgan fingerprint density at radius 2 is 1.88 bits per heavy atom. The Hall–Kier alpha value is -1.10. The van der Waals surface area contributed by atoms with Crippen LogP contribution in [0.5, 0.6) is 0 Å². The number of alkyl halides is 3. The van der Waals surface area contributed by atoms with Crippen LogP contribution < -0.4 is 5.32 Å². The van der Waals surface area contributed by atoms with Gasteiger partial charge in [0.05, 0.1) is 5.56 Å². The molecular weight excluding hydrogens is 222 g/mol. The first-order valence-electron chi connectivity index (χ1n) is 4.95. The molecule has 0 saturated heterocycles. The van der Waals surface area contributed by atoms with E-state index in [0.717, 1.165) is 12.1 Å². The van der Waals surface area contributed by atoms with Crippen molar-refractivity contribution in [2.45, 2.75) is 26.1 Å². The first-order valence-corrected chi connectivity index (χ1v) is 4.95. The van der Waals surface area contributed by atoms with Crippen molar-refractivity contribution < 1.29 is 17.6 Å². The molecule has 0 aliphatic heterocycles. The van der Waals surface area contributed by atoms with E-state index in [1.165, 1.54) is 0 Å². The molecule has 16 heavy (non-hydrogen) atoms. The molecule has 1 atom stereocenters. The highest BCUT2D eigenvalue weighted by molar-refractivity contribution is 5.28. The summed E-state index contributed by atoms with van der Waals surface area (Å²) in [6.45, 7) is 4.14. The van der Waals surface area contributed by atoms with Crippen molar-refractivity contribution in [1.29, 1.82) is 0 Å². The summed E-state index contributed by atoms with van der Waals surface area (Å²) >= 11 is 0. The molecule has 0 bridgehead atoms. The van der Waals surface area contributed by atoms with E-state index in [1.54, 1.807) is 6.92 Å². The predicted octanol–water partition coefficient (Wildman–Crippen LogP) is 3.52. The molecule has 5 heteroatoms. The maximum atomic E-state index is 13.0. The molecular formula is C11H13F4N. The summed E-state index contributed by atoms with van der Waals surface area (Å²) in [4.78, 5) is 0. The number of hydrogen-bond acceptors (Lipinski definition) is 1. The van der Waals surface area contributed by atoms with Crippen LogP contribution in [-0.4, -0.2) is 6.54 Å². The number of nitrogens with one attached hydrogen (secondary N) is 1. The minimum Gasteiger partial charge on any atom is -0.310 e. The van der Waals surface area contributed by atoms with Gasteiger partial charge in [0, 0.05) is 6.04 Å². The van der Waals surface area contributed by atoms with Gasteiger partial charge in [-0.15, -0.1) is 0 Å². The standard InChI is InChI=1S/C11H13F4N/c1-3-16-7(2)8-4-9(11(13,14)15)6-10(12)5-8/h4-7,16H,3H2,1-2H3/t7-/m0/s1. The molecule has 0 spiro atoms. The minimum atomic E-state index is -4.51. The second-order valence-corrected chi connectivity index (χ2v) is 3.55. The van der Waals surface area contributed by atoms with Gasteiger partial charge in [-0.3, -0.25) is 0 Å². The monoisotopic (exact) mass is 235 g/mol. The van der Waals surface area contributed by atoms with E-state index in [0.29, 0.717) is 18.2 Å². The van der Waals surface area contributed by atoms with Gasteiger partial charge in [-0.25, -0.2) is 4.39 Å². The van der Waals surface area contributed by atoms with E-state index in [-0.39, 0.29) is 6.04 Å². The highest BCUT2D eigenvalue weighted by atomic mass is 19.4. The topological polar surface area (TPSA) is 12.0 Å². The lowest BCUT2D eigenvalue weighted by Gasteiger charge is -2.15. The Morgan fingerprint density at radius 3 is 2.38 bits per heavy atom. The van der Waals surface area contributed by atoms with E-state index in [4.69, 9.17) is 0 Å². The molecule has 1 rings (SSSR count). The smallest absolute Gasteiger partial charge is 0.310 e. The van der Waals surface area contributed by atoms with Gasteiger partial charge in [-0.2, -0.15) is 13.2 Å². The quantitative estimate of drug-likeness (QED) is 0.790. The van der Waals surface area contributed by atoms with Gasteiger partial charge in [0.25, 0.3) is 0 Å². The van der Waals surface area contributed by atoms with Crippen molar-refractivity contribution in [3.05, 3.63) is 35.1 Å². The van der Waals surface area contributed by atoms with Crippen molar-refractivity contribution in [1.82, 2.24) is 5.32 Å². The van der Waals surface area contributed by atoms with Crippen molar-refractivity contribution in [3.63, 3.8) is 0 Å². The van der Waals surface area contributed by atoms with Crippen LogP contribution in [-0.2, 0) is 6.18 Å². The zero-order valence-electron chi connectivity index (χ0n) is 9.03. The molecule has 0 amide bonds. The van der Waals surface area contributed by atoms with Gasteiger partial charge in [0.1, 0.15) is 5.82 Å². The van der Waals surface area contributed by atoms with Gasteiger partial charge in [0.2, 0.25) is 0 Å². The summed E-state index contributed by atoms with van der Waals surface area (Å²) in [6, 6.07) is 2.28. The number of halogens is 4. The zero-order valence-corrected chi connectivity index (χ0v) is 9.03. The Labute approximate surface area is 91.5 Å². The van der Waals surface area contributed by atoms with Crippen LogP contribution in [0.15, 0.2) is 18.2 Å². The SMILES string of the molecule is CCN[C@@H](C)c1cc(F)cc(C(F)(F)F)c1. The van der Waals surface area contributed by atoms with Gasteiger partial charge in [-0.1, -0.05) is 6.92 Å². The fourth-order valence-electron chi connectivity index (χ4n) is 1.45. The number of benzene rings is 1. The maximum Gasteiger partial charge on any atom is 0.416 e. The molecule has 0 saturated carbocycles. The molecule has 0 aliphatic rings. The molecule has 1 aromatic carbocycles. The van der Waals surface area contributed by atoms with Gasteiger partial charge >= 0.3 is 6.18 Å². The van der Waals surface area contributed by atoms with Crippen LogP contribution in [0, 0.1) is 5.82 Å². The van der Waals surface area contributed by atoms with E-state index < -0.39 is 17.6 Å². The van der Waals surface area contributed by atoms with Crippen LogP contribution in [0.4, 0.5) is 17.6 Å². The first-order chi connectivity index (χ1) is 7.34.